The van der Waals surface area contributed by atoms with Crippen LogP contribution in [0.3, 0.4) is 0 Å². The molecule has 2 heteroatoms. The first kappa shape index (κ1) is 15.1. The number of aryl methyl sites for hydroxylation is 1. The Balaban J connectivity index is 1.81. The maximum atomic E-state index is 10.5. The van der Waals surface area contributed by atoms with Gasteiger partial charge < -0.3 is 10.2 Å². The second-order valence-corrected chi connectivity index (χ2v) is 8.17. The van der Waals surface area contributed by atoms with Crippen molar-refractivity contribution in [1.82, 2.24) is 0 Å². The molecule has 3 aliphatic carbocycles. The molecule has 1 aromatic rings. The normalized spacial score (nSPS) is 38.3. The summed E-state index contributed by atoms with van der Waals surface area (Å²) in [4.78, 5) is 0. The summed E-state index contributed by atoms with van der Waals surface area (Å²) in [5, 5.41) is 20.7. The molecule has 3 aliphatic rings. The molecule has 122 valence electrons. The number of fused-ring (bicyclic) bond motifs is 5. The predicted molar refractivity (Wildman–Crippen MR) is 91.4 cm³/mol. The maximum Gasteiger partial charge on any atom is 0.120 e. The van der Waals surface area contributed by atoms with Gasteiger partial charge in [-0.05, 0) is 85.8 Å². The molecule has 2 N–H and O–H groups in total. The van der Waals surface area contributed by atoms with Gasteiger partial charge in [0.2, 0.25) is 0 Å². The molecule has 23 heavy (non-hydrogen) atoms. The van der Waals surface area contributed by atoms with E-state index in [1.54, 1.807) is 0 Å². The molecule has 0 radical (unpaired) electrons. The predicted octanol–water partition coefficient (Wildman–Crippen LogP) is 3.90. The quantitative estimate of drug-likeness (QED) is 0.714. The number of rotatable bonds is 0. The number of phenols is 1. The minimum atomic E-state index is -0.136. The summed E-state index contributed by atoms with van der Waals surface area (Å²) in [7, 11) is 0. The number of aromatic hydroxyl groups is 1. The zero-order valence-corrected chi connectivity index (χ0v) is 14.1. The van der Waals surface area contributed by atoms with Crippen molar-refractivity contribution in [3.05, 3.63) is 28.3 Å². The van der Waals surface area contributed by atoms with Crippen LogP contribution < -0.4 is 0 Å². The van der Waals surface area contributed by atoms with Gasteiger partial charge in [-0.2, -0.15) is 0 Å². The number of terminal acetylenes is 1. The first-order valence-corrected chi connectivity index (χ1v) is 8.97. The van der Waals surface area contributed by atoms with Crippen LogP contribution in [0.15, 0.2) is 6.07 Å². The fourth-order valence-electron chi connectivity index (χ4n) is 6.00. The zero-order chi connectivity index (χ0) is 16.4. The van der Waals surface area contributed by atoms with Crippen molar-refractivity contribution in [2.24, 2.45) is 17.3 Å². The van der Waals surface area contributed by atoms with Crippen LogP contribution in [0.25, 0.3) is 0 Å². The molecule has 0 saturated heterocycles. The Hall–Kier alpha value is -1.46. The Kier molecular flexibility index (Phi) is 3.29. The van der Waals surface area contributed by atoms with Gasteiger partial charge in [0, 0.05) is 11.1 Å². The van der Waals surface area contributed by atoms with Crippen LogP contribution in [0.4, 0.5) is 0 Å². The Bertz CT molecular complexity index is 699. The van der Waals surface area contributed by atoms with E-state index in [4.69, 9.17) is 6.42 Å². The number of aliphatic hydroxyl groups is 1. The molecule has 0 amide bonds. The molecule has 5 atom stereocenters. The van der Waals surface area contributed by atoms with E-state index < -0.39 is 0 Å². The van der Waals surface area contributed by atoms with E-state index in [1.165, 1.54) is 11.1 Å². The lowest BCUT2D eigenvalue weighted by Gasteiger charge is -2.50. The highest BCUT2D eigenvalue weighted by Crippen LogP contribution is 2.61. The third-order valence-corrected chi connectivity index (χ3v) is 7.33. The molecule has 2 fully saturated rings. The van der Waals surface area contributed by atoms with E-state index >= 15 is 0 Å². The van der Waals surface area contributed by atoms with Crippen molar-refractivity contribution < 1.29 is 10.2 Å². The van der Waals surface area contributed by atoms with Crippen LogP contribution in [0.1, 0.15) is 67.2 Å². The molecular weight excluding hydrogens is 284 g/mol. The van der Waals surface area contributed by atoms with Crippen LogP contribution in [-0.4, -0.2) is 16.3 Å². The molecule has 2 saturated carbocycles. The summed E-state index contributed by atoms with van der Waals surface area (Å²) in [5.41, 5.74) is 4.47. The topological polar surface area (TPSA) is 40.5 Å². The van der Waals surface area contributed by atoms with E-state index in [0.29, 0.717) is 23.5 Å². The first-order valence-electron chi connectivity index (χ1n) is 8.97. The molecular formula is C21H26O2. The van der Waals surface area contributed by atoms with Crippen LogP contribution in [0.5, 0.6) is 5.75 Å². The molecule has 1 aromatic carbocycles. The number of hydrogen-bond acceptors (Lipinski definition) is 2. The van der Waals surface area contributed by atoms with E-state index in [0.717, 1.165) is 49.7 Å². The van der Waals surface area contributed by atoms with Crippen LogP contribution in [0.2, 0.25) is 0 Å². The number of phenolic OH excluding ortho intramolecular Hbond substituents is 1. The molecule has 0 heterocycles. The van der Waals surface area contributed by atoms with Gasteiger partial charge in [0.05, 0.1) is 6.10 Å². The summed E-state index contributed by atoms with van der Waals surface area (Å²) in [6.07, 6.45) is 12.1. The van der Waals surface area contributed by atoms with Crippen molar-refractivity contribution in [1.29, 1.82) is 0 Å². The molecule has 0 aliphatic heterocycles. The second-order valence-electron chi connectivity index (χ2n) is 8.17. The van der Waals surface area contributed by atoms with Gasteiger partial charge in [-0.1, -0.05) is 12.8 Å². The van der Waals surface area contributed by atoms with Gasteiger partial charge in [-0.3, -0.25) is 0 Å². The maximum absolute atomic E-state index is 10.5. The van der Waals surface area contributed by atoms with E-state index in [2.05, 4.69) is 12.8 Å². The molecule has 2 nitrogen and oxygen atoms in total. The van der Waals surface area contributed by atoms with Gasteiger partial charge in [-0.15, -0.1) is 6.42 Å². The van der Waals surface area contributed by atoms with Gasteiger partial charge in [0.25, 0.3) is 0 Å². The highest BCUT2D eigenvalue weighted by atomic mass is 16.3. The average Bonchev–Trinajstić information content (AvgIpc) is 2.84. The van der Waals surface area contributed by atoms with Crippen LogP contribution in [0, 0.1) is 36.5 Å². The Labute approximate surface area is 138 Å². The molecule has 0 bridgehead atoms. The smallest absolute Gasteiger partial charge is 0.120 e. The van der Waals surface area contributed by atoms with E-state index in [1.807, 2.05) is 13.0 Å². The minimum Gasteiger partial charge on any atom is -0.508 e. The Morgan fingerprint density at radius 2 is 2.04 bits per heavy atom. The largest absolute Gasteiger partial charge is 0.508 e. The highest BCUT2D eigenvalue weighted by molar-refractivity contribution is 5.57. The van der Waals surface area contributed by atoms with Crippen LogP contribution >= 0.6 is 0 Å². The second kappa shape index (κ2) is 5.02. The van der Waals surface area contributed by atoms with E-state index in [-0.39, 0.29) is 11.5 Å². The van der Waals surface area contributed by atoms with Crippen molar-refractivity contribution in [3.63, 3.8) is 0 Å². The lowest BCUT2D eigenvalue weighted by Crippen LogP contribution is -2.44. The SMILES string of the molecule is C#Cc1c(C)c(O)cc2c1[C@H]1CC[C@]3(C)[C@@H](O)CC[C@H]3[C@@H]1CC2. The summed E-state index contributed by atoms with van der Waals surface area (Å²) in [5.74, 6) is 4.96. The van der Waals surface area contributed by atoms with Gasteiger partial charge >= 0.3 is 0 Å². The van der Waals surface area contributed by atoms with Crippen molar-refractivity contribution in [3.8, 4) is 18.1 Å². The minimum absolute atomic E-state index is 0.0982. The fraction of sp³-hybridized carbons (Fsp3) is 0.619. The number of aliphatic hydroxyl groups excluding tert-OH is 1. The van der Waals surface area contributed by atoms with Crippen molar-refractivity contribution >= 4 is 0 Å². The number of benzene rings is 1. The van der Waals surface area contributed by atoms with Crippen molar-refractivity contribution in [2.45, 2.75) is 64.4 Å². The van der Waals surface area contributed by atoms with Gasteiger partial charge in [0.15, 0.2) is 0 Å². The fourth-order valence-corrected chi connectivity index (χ4v) is 6.00. The summed E-state index contributed by atoms with van der Waals surface area (Å²) < 4.78 is 0. The molecule has 0 unspecified atom stereocenters. The van der Waals surface area contributed by atoms with Crippen LogP contribution in [-0.2, 0) is 6.42 Å². The summed E-state index contributed by atoms with van der Waals surface area (Å²) >= 11 is 0. The Morgan fingerprint density at radius 1 is 1.26 bits per heavy atom. The third-order valence-electron chi connectivity index (χ3n) is 7.33. The zero-order valence-electron chi connectivity index (χ0n) is 14.1. The average molecular weight is 310 g/mol. The van der Waals surface area contributed by atoms with Gasteiger partial charge in [0.1, 0.15) is 5.75 Å². The standard InChI is InChI=1S/C21H26O2/c1-4-14-12(2)18(22)11-13-5-6-15-16(20(13)14)9-10-21(3)17(15)7-8-19(21)23/h1,11,15-17,19,22-23H,5-10H2,2-3H3/t15-,16+,17+,19+,21+/m1/s1. The monoisotopic (exact) mass is 310 g/mol. The van der Waals surface area contributed by atoms with E-state index in [9.17, 15) is 10.2 Å². The summed E-state index contributed by atoms with van der Waals surface area (Å²) in [6, 6.07) is 1.94. The lowest BCUT2D eigenvalue weighted by molar-refractivity contribution is -0.0226. The number of hydrogen-bond donors (Lipinski definition) is 2. The summed E-state index contributed by atoms with van der Waals surface area (Å²) in [6.45, 7) is 4.23. The molecule has 0 spiro atoms. The lowest BCUT2D eigenvalue weighted by atomic mass is 9.55. The van der Waals surface area contributed by atoms with Crippen molar-refractivity contribution in [2.75, 3.05) is 0 Å². The molecule has 4 rings (SSSR count). The van der Waals surface area contributed by atoms with Gasteiger partial charge in [-0.25, -0.2) is 0 Å². The first-order chi connectivity index (χ1) is 11.0. The molecule has 0 aromatic heterocycles. The Morgan fingerprint density at radius 3 is 2.78 bits per heavy atom. The third kappa shape index (κ3) is 1.93. The highest BCUT2D eigenvalue weighted by Gasteiger charge is 2.54.